The SMILES string of the molecule is CC(C)COCCOCCO.COCCOCCOCCO. The molecule has 0 unspecified atom stereocenters. The van der Waals surface area contributed by atoms with Crippen molar-refractivity contribution in [1.82, 2.24) is 0 Å². The molecule has 0 bridgehead atoms. The van der Waals surface area contributed by atoms with Crippen LogP contribution in [-0.2, 0) is 23.7 Å². The molecule has 0 rings (SSSR count). The lowest BCUT2D eigenvalue weighted by Gasteiger charge is -2.06. The standard InChI is InChI=1S/C8H18O3.C7H16O4/c1-8(2)7-11-6-5-10-4-3-9;1-9-4-5-11-7-6-10-3-2-8/h8-9H,3-7H2,1-2H3;8H,2-7H2,1H3. The normalized spacial score (nSPS) is 10.6. The average Bonchev–Trinajstić information content (AvgIpc) is 2.50. The predicted molar refractivity (Wildman–Crippen MR) is 84.2 cm³/mol. The summed E-state index contributed by atoms with van der Waals surface area (Å²) in [4.78, 5) is 0. The van der Waals surface area contributed by atoms with Crippen molar-refractivity contribution < 1.29 is 33.9 Å². The van der Waals surface area contributed by atoms with Gasteiger partial charge in [-0.2, -0.15) is 0 Å². The second kappa shape index (κ2) is 23.0. The van der Waals surface area contributed by atoms with E-state index in [4.69, 9.17) is 33.9 Å². The molecular weight excluding hydrogens is 292 g/mol. The van der Waals surface area contributed by atoms with Gasteiger partial charge < -0.3 is 33.9 Å². The van der Waals surface area contributed by atoms with Crippen LogP contribution >= 0.6 is 0 Å². The van der Waals surface area contributed by atoms with Crippen LogP contribution < -0.4 is 0 Å². The molecule has 7 nitrogen and oxygen atoms in total. The Kier molecular flexibility index (Phi) is 25.1. The van der Waals surface area contributed by atoms with Gasteiger partial charge in [-0.15, -0.1) is 0 Å². The fourth-order valence-corrected chi connectivity index (χ4v) is 1.13. The Morgan fingerprint density at radius 1 is 0.636 bits per heavy atom. The third-order valence-corrected chi connectivity index (χ3v) is 2.10. The molecule has 7 heteroatoms. The maximum atomic E-state index is 8.35. The first-order valence-corrected chi connectivity index (χ1v) is 7.70. The molecule has 0 fully saturated rings. The van der Waals surface area contributed by atoms with Gasteiger partial charge in [0.2, 0.25) is 0 Å². The van der Waals surface area contributed by atoms with E-state index in [9.17, 15) is 0 Å². The maximum Gasteiger partial charge on any atom is 0.0701 e. The molecule has 0 aromatic heterocycles. The van der Waals surface area contributed by atoms with Gasteiger partial charge in [-0.05, 0) is 5.92 Å². The minimum Gasteiger partial charge on any atom is -0.394 e. The lowest BCUT2D eigenvalue weighted by Crippen LogP contribution is -2.10. The van der Waals surface area contributed by atoms with Crippen LogP contribution in [0.4, 0.5) is 0 Å². The number of hydrogen-bond donors (Lipinski definition) is 2. The van der Waals surface area contributed by atoms with Crippen molar-refractivity contribution in [3.8, 4) is 0 Å². The Hall–Kier alpha value is -0.280. The number of aliphatic hydroxyl groups excluding tert-OH is 2. The predicted octanol–water partition coefficient (Wildman–Crippen LogP) is 0.326. The number of ether oxygens (including phenoxy) is 5. The first-order chi connectivity index (χ1) is 10.7. The molecule has 0 aromatic rings. The Labute approximate surface area is 134 Å². The molecule has 0 atom stereocenters. The van der Waals surface area contributed by atoms with Crippen LogP contribution in [0.3, 0.4) is 0 Å². The zero-order valence-electron chi connectivity index (χ0n) is 14.3. The number of hydrogen-bond acceptors (Lipinski definition) is 7. The van der Waals surface area contributed by atoms with Crippen molar-refractivity contribution in [3.63, 3.8) is 0 Å². The summed E-state index contributed by atoms with van der Waals surface area (Å²) in [5, 5.41) is 16.7. The van der Waals surface area contributed by atoms with E-state index < -0.39 is 0 Å². The fraction of sp³-hybridized carbons (Fsp3) is 1.00. The monoisotopic (exact) mass is 326 g/mol. The van der Waals surface area contributed by atoms with E-state index in [1.807, 2.05) is 0 Å². The summed E-state index contributed by atoms with van der Waals surface area (Å²) in [5.41, 5.74) is 0. The van der Waals surface area contributed by atoms with Crippen molar-refractivity contribution in [2.75, 3.05) is 79.8 Å². The van der Waals surface area contributed by atoms with E-state index >= 15 is 0 Å². The maximum absolute atomic E-state index is 8.35. The summed E-state index contributed by atoms with van der Waals surface area (Å²) in [5.74, 6) is 0.577. The smallest absolute Gasteiger partial charge is 0.0701 e. The molecule has 2 N–H and O–H groups in total. The minimum atomic E-state index is 0.0675. The highest BCUT2D eigenvalue weighted by atomic mass is 16.5. The summed E-state index contributed by atoms with van der Waals surface area (Å²) >= 11 is 0. The molecule has 0 radical (unpaired) electrons. The van der Waals surface area contributed by atoms with Crippen LogP contribution in [0.5, 0.6) is 0 Å². The topological polar surface area (TPSA) is 86.6 Å². The highest BCUT2D eigenvalue weighted by Gasteiger charge is 1.92. The van der Waals surface area contributed by atoms with Gasteiger partial charge in [-0.3, -0.25) is 0 Å². The zero-order chi connectivity index (χ0) is 16.9. The average molecular weight is 326 g/mol. The second-order valence-electron chi connectivity index (χ2n) is 4.75. The largest absolute Gasteiger partial charge is 0.394 e. The van der Waals surface area contributed by atoms with E-state index in [0.29, 0.717) is 58.8 Å². The third-order valence-electron chi connectivity index (χ3n) is 2.10. The van der Waals surface area contributed by atoms with Gasteiger partial charge in [0.1, 0.15) is 0 Å². The van der Waals surface area contributed by atoms with E-state index in [2.05, 4.69) is 13.8 Å². The van der Waals surface area contributed by atoms with Gasteiger partial charge in [0.05, 0.1) is 66.1 Å². The molecule has 0 aliphatic carbocycles. The molecule has 0 saturated heterocycles. The van der Waals surface area contributed by atoms with Gasteiger partial charge >= 0.3 is 0 Å². The summed E-state index contributed by atoms with van der Waals surface area (Å²) in [6.07, 6.45) is 0. The molecule has 0 saturated carbocycles. The molecule has 136 valence electrons. The summed E-state index contributed by atoms with van der Waals surface area (Å²) in [6, 6.07) is 0. The van der Waals surface area contributed by atoms with Gasteiger partial charge in [-0.1, -0.05) is 13.8 Å². The van der Waals surface area contributed by atoms with Crippen molar-refractivity contribution in [2.45, 2.75) is 13.8 Å². The second-order valence-corrected chi connectivity index (χ2v) is 4.75. The first-order valence-electron chi connectivity index (χ1n) is 7.70. The quantitative estimate of drug-likeness (QED) is 0.419. The van der Waals surface area contributed by atoms with Crippen LogP contribution in [0, 0.1) is 5.92 Å². The van der Waals surface area contributed by atoms with E-state index in [1.165, 1.54) is 0 Å². The van der Waals surface area contributed by atoms with Gasteiger partial charge in [0, 0.05) is 13.7 Å². The van der Waals surface area contributed by atoms with Crippen molar-refractivity contribution in [2.24, 2.45) is 5.92 Å². The molecule has 0 aliphatic heterocycles. The van der Waals surface area contributed by atoms with E-state index in [1.54, 1.807) is 7.11 Å². The van der Waals surface area contributed by atoms with Crippen LogP contribution in [0.2, 0.25) is 0 Å². The van der Waals surface area contributed by atoms with Crippen LogP contribution in [-0.4, -0.2) is 90.0 Å². The highest BCUT2D eigenvalue weighted by Crippen LogP contribution is 1.91. The molecule has 0 heterocycles. The lowest BCUT2D eigenvalue weighted by atomic mass is 10.2. The molecule has 0 spiro atoms. The molecule has 0 aliphatic rings. The van der Waals surface area contributed by atoms with E-state index in [-0.39, 0.29) is 13.2 Å². The molecule has 0 amide bonds. The van der Waals surface area contributed by atoms with Crippen LogP contribution in [0.15, 0.2) is 0 Å². The van der Waals surface area contributed by atoms with Crippen molar-refractivity contribution >= 4 is 0 Å². The third kappa shape index (κ3) is 28.0. The van der Waals surface area contributed by atoms with E-state index in [0.717, 1.165) is 6.61 Å². The molecule has 22 heavy (non-hydrogen) atoms. The highest BCUT2D eigenvalue weighted by molar-refractivity contribution is 4.39. The summed E-state index contributed by atoms with van der Waals surface area (Å²) < 4.78 is 25.0. The van der Waals surface area contributed by atoms with Crippen LogP contribution in [0.1, 0.15) is 13.8 Å². The Balaban J connectivity index is 0. The van der Waals surface area contributed by atoms with Gasteiger partial charge in [0.15, 0.2) is 0 Å². The van der Waals surface area contributed by atoms with Gasteiger partial charge in [0.25, 0.3) is 0 Å². The summed E-state index contributed by atoms with van der Waals surface area (Å²) in [6.45, 7) is 9.44. The lowest BCUT2D eigenvalue weighted by molar-refractivity contribution is 0.0159. The summed E-state index contributed by atoms with van der Waals surface area (Å²) in [7, 11) is 1.63. The zero-order valence-corrected chi connectivity index (χ0v) is 14.3. The minimum absolute atomic E-state index is 0.0675. The molecular formula is C15H34O7. The Morgan fingerprint density at radius 2 is 1.05 bits per heavy atom. The fourth-order valence-electron chi connectivity index (χ4n) is 1.13. The molecule has 0 aromatic carbocycles. The first kappa shape index (κ1) is 24.0. The number of aliphatic hydroxyl groups is 2. The Morgan fingerprint density at radius 3 is 1.45 bits per heavy atom. The van der Waals surface area contributed by atoms with Crippen molar-refractivity contribution in [3.05, 3.63) is 0 Å². The number of methoxy groups -OCH3 is 1. The Bertz CT molecular complexity index is 171. The number of rotatable bonds is 15. The van der Waals surface area contributed by atoms with Crippen LogP contribution in [0.25, 0.3) is 0 Å². The van der Waals surface area contributed by atoms with Gasteiger partial charge in [-0.25, -0.2) is 0 Å². The van der Waals surface area contributed by atoms with Crippen molar-refractivity contribution in [1.29, 1.82) is 0 Å².